The van der Waals surface area contributed by atoms with Crippen LogP contribution in [0.2, 0.25) is 0 Å². The molecule has 4 aliphatic rings. The van der Waals surface area contributed by atoms with Gasteiger partial charge in [0.2, 0.25) is 0 Å². The molecule has 23 heteroatoms. The highest BCUT2D eigenvalue weighted by Gasteiger charge is 2.61. The lowest BCUT2D eigenvalue weighted by molar-refractivity contribution is -0.397. The van der Waals surface area contributed by atoms with Crippen LogP contribution in [0.1, 0.15) is 13.8 Å². The highest BCUT2D eigenvalue weighted by molar-refractivity contribution is 5.74. The molecule has 294 valence electrons. The Morgan fingerprint density at radius 1 is 0.667 bits per heavy atom. The van der Waals surface area contributed by atoms with Gasteiger partial charge < -0.3 is 104 Å². The zero-order valence-corrected chi connectivity index (χ0v) is 27.2. The van der Waals surface area contributed by atoms with E-state index in [1.807, 2.05) is 0 Å². The minimum Gasteiger partial charge on any atom is -0.510 e. The molecule has 0 bridgehead atoms. The topological polar surface area (TPSA) is 371 Å². The van der Waals surface area contributed by atoms with Gasteiger partial charge in [-0.1, -0.05) is 6.58 Å². The summed E-state index contributed by atoms with van der Waals surface area (Å²) >= 11 is 0. The van der Waals surface area contributed by atoms with Crippen molar-refractivity contribution in [2.24, 2.45) is 0 Å². The molecule has 4 heterocycles. The molecule has 51 heavy (non-hydrogen) atoms. The van der Waals surface area contributed by atoms with Crippen LogP contribution < -0.4 is 0 Å². The minimum atomic E-state index is -2.47. The third kappa shape index (κ3) is 7.87. The van der Waals surface area contributed by atoms with Crippen molar-refractivity contribution >= 4 is 11.9 Å². The summed E-state index contributed by atoms with van der Waals surface area (Å²) in [4.78, 5) is 24.1. The lowest BCUT2D eigenvalue weighted by atomic mass is 9.85. The second kappa shape index (κ2) is 16.0. The van der Waals surface area contributed by atoms with Crippen molar-refractivity contribution in [1.29, 1.82) is 0 Å². The molecule has 0 aromatic carbocycles. The molecule has 17 unspecified atom stereocenters. The Kier molecular flexibility index (Phi) is 13.0. The van der Waals surface area contributed by atoms with E-state index >= 15 is 0 Å². The fourth-order valence-electron chi connectivity index (χ4n) is 6.29. The monoisotopic (exact) mass is 748 g/mol. The average molecular weight is 749 g/mol. The van der Waals surface area contributed by atoms with Gasteiger partial charge in [0.05, 0.1) is 6.10 Å². The number of aliphatic hydroxyl groups excluding tert-OH is 11. The molecule has 0 saturated carbocycles. The van der Waals surface area contributed by atoms with E-state index in [0.29, 0.717) is 0 Å². The summed E-state index contributed by atoms with van der Waals surface area (Å²) in [6.45, 7) is 5.32. The van der Waals surface area contributed by atoms with Crippen molar-refractivity contribution in [3.63, 3.8) is 0 Å². The van der Waals surface area contributed by atoms with E-state index in [4.69, 9.17) is 37.9 Å². The van der Waals surface area contributed by atoms with E-state index in [9.17, 15) is 76.0 Å². The minimum absolute atomic E-state index is 0.670. The summed E-state index contributed by atoms with van der Waals surface area (Å²) < 4.78 is 42.7. The van der Waals surface area contributed by atoms with Crippen LogP contribution in [0.4, 0.5) is 0 Å². The molecular formula is C28H44O23. The van der Waals surface area contributed by atoms with Crippen molar-refractivity contribution in [3.05, 3.63) is 12.3 Å². The summed E-state index contributed by atoms with van der Waals surface area (Å²) in [7, 11) is 1.13. The molecule has 4 saturated heterocycles. The van der Waals surface area contributed by atoms with Gasteiger partial charge in [0.25, 0.3) is 0 Å². The molecule has 4 fully saturated rings. The zero-order chi connectivity index (χ0) is 38.4. The van der Waals surface area contributed by atoms with E-state index < -0.39 is 146 Å². The fourth-order valence-corrected chi connectivity index (χ4v) is 6.29. The molecule has 21 atom stereocenters. The normalized spacial score (nSPS) is 49.9. The fraction of sp³-hybridized carbons (Fsp3) is 0.857. The van der Waals surface area contributed by atoms with Crippen LogP contribution >= 0.6 is 0 Å². The number of carboxylic acids is 2. The van der Waals surface area contributed by atoms with Gasteiger partial charge in [-0.2, -0.15) is 0 Å². The second-order valence-corrected chi connectivity index (χ2v) is 12.7. The Hall–Kier alpha value is -2.24. The van der Waals surface area contributed by atoms with Gasteiger partial charge in [-0.25, -0.2) is 9.59 Å². The van der Waals surface area contributed by atoms with Crippen LogP contribution in [-0.2, 0) is 47.5 Å². The molecule has 0 amide bonds. The number of rotatable bonds is 11. The lowest BCUT2D eigenvalue weighted by Gasteiger charge is -2.51. The van der Waals surface area contributed by atoms with Gasteiger partial charge in [0.1, 0.15) is 90.7 Å². The van der Waals surface area contributed by atoms with Crippen molar-refractivity contribution in [1.82, 2.24) is 0 Å². The maximum absolute atomic E-state index is 12.3. The van der Waals surface area contributed by atoms with Gasteiger partial charge >= 0.3 is 11.9 Å². The summed E-state index contributed by atoms with van der Waals surface area (Å²) in [5.74, 6) is -4.28. The smallest absolute Gasteiger partial charge is 0.336 e. The predicted octanol–water partition coefficient (Wildman–Crippen LogP) is -7.05. The third-order valence-corrected chi connectivity index (χ3v) is 9.16. The quantitative estimate of drug-likeness (QED) is 0.0873. The first-order valence-corrected chi connectivity index (χ1v) is 15.4. The Bertz CT molecular complexity index is 1240. The summed E-state index contributed by atoms with van der Waals surface area (Å²) in [5.41, 5.74) is -2.47. The first-order valence-electron chi connectivity index (χ1n) is 15.4. The zero-order valence-electron chi connectivity index (χ0n) is 27.2. The largest absolute Gasteiger partial charge is 0.510 e. The molecule has 0 aromatic heterocycles. The second-order valence-electron chi connectivity index (χ2n) is 12.7. The van der Waals surface area contributed by atoms with E-state index in [2.05, 4.69) is 6.58 Å². The van der Waals surface area contributed by atoms with E-state index in [-0.39, 0.29) is 0 Å². The third-order valence-electron chi connectivity index (χ3n) is 9.16. The van der Waals surface area contributed by atoms with Gasteiger partial charge in [-0.05, 0) is 13.8 Å². The number of hydrogen-bond acceptors (Lipinski definition) is 21. The number of ether oxygens (including phenoxy) is 8. The first-order chi connectivity index (χ1) is 23.7. The predicted molar refractivity (Wildman–Crippen MR) is 154 cm³/mol. The number of carbonyl (C=O) groups is 2. The standard InChI is InChI=1S/C28H44O23/c1-5(29)14-16(44-4)7(31)10(34)25(45-14)48-18-8(32)11(35)26(49-19(18)22(39)40)47-17-9(33)12(36)27(46-15(17)6(2)30)51-28(3)20(38)13(37)24(43)50-21(28)23(41)42/h6-21,24-27,29-38,43H,1H2,2-4H3,(H,39,40)(H,41,42)/t6?,7?,8?,9?,10?,11?,12?,13?,14?,15?,16?,17?,18?,19-,20?,21+,24-,25?,26-,27?,28?/m1/s1. The summed E-state index contributed by atoms with van der Waals surface area (Å²) in [5, 5.41) is 135. The van der Waals surface area contributed by atoms with E-state index in [1.165, 1.54) is 0 Å². The maximum Gasteiger partial charge on any atom is 0.336 e. The SMILES string of the molecule is C=C(O)C1OC(OC2C(O)C(O)[C@H](OC3C(O)C(O)C(OC4(C)C(O)C(O)[C@H](O)O[C@H]4C(=O)O)OC3C(C)O)O[C@H]2C(=O)O)C(O)C(O)C1OC. The molecule has 0 aliphatic carbocycles. The van der Waals surface area contributed by atoms with Gasteiger partial charge in [0, 0.05) is 7.11 Å². The maximum atomic E-state index is 12.3. The van der Waals surface area contributed by atoms with Crippen molar-refractivity contribution in [2.45, 2.75) is 142 Å². The Balaban J connectivity index is 1.53. The summed E-state index contributed by atoms with van der Waals surface area (Å²) in [6.07, 6.45) is -40.0. The first kappa shape index (κ1) is 41.5. The Morgan fingerprint density at radius 3 is 1.65 bits per heavy atom. The van der Waals surface area contributed by atoms with E-state index in [0.717, 1.165) is 21.0 Å². The van der Waals surface area contributed by atoms with Crippen LogP contribution in [0.15, 0.2) is 12.3 Å². The molecule has 13 N–H and O–H groups in total. The van der Waals surface area contributed by atoms with Crippen molar-refractivity contribution in [3.8, 4) is 0 Å². The van der Waals surface area contributed by atoms with Crippen LogP contribution in [0.3, 0.4) is 0 Å². The van der Waals surface area contributed by atoms with Crippen molar-refractivity contribution in [2.75, 3.05) is 7.11 Å². The van der Waals surface area contributed by atoms with Gasteiger partial charge in [-0.15, -0.1) is 0 Å². The van der Waals surface area contributed by atoms with Crippen molar-refractivity contribution < 1.29 is 114 Å². The van der Waals surface area contributed by atoms with Crippen LogP contribution in [0, 0.1) is 0 Å². The highest BCUT2D eigenvalue weighted by atomic mass is 16.8. The number of aliphatic hydroxyl groups is 11. The molecular weight excluding hydrogens is 704 g/mol. The Labute approximate surface area is 287 Å². The number of carboxylic acid groups (broad SMARTS) is 2. The number of hydrogen-bond donors (Lipinski definition) is 13. The van der Waals surface area contributed by atoms with E-state index in [1.54, 1.807) is 0 Å². The molecule has 0 aromatic rings. The average Bonchev–Trinajstić information content (AvgIpc) is 3.06. The number of aliphatic carboxylic acids is 2. The van der Waals surface area contributed by atoms with Gasteiger partial charge in [-0.3, -0.25) is 0 Å². The lowest BCUT2D eigenvalue weighted by Crippen LogP contribution is -2.71. The number of methoxy groups -OCH3 is 1. The molecule has 4 aliphatic heterocycles. The molecule has 0 spiro atoms. The van der Waals surface area contributed by atoms with Crippen LogP contribution in [-0.4, -0.2) is 214 Å². The Morgan fingerprint density at radius 2 is 1.16 bits per heavy atom. The van der Waals surface area contributed by atoms with Gasteiger partial charge in [0.15, 0.2) is 37.4 Å². The molecule has 23 nitrogen and oxygen atoms in total. The van der Waals surface area contributed by atoms with Crippen LogP contribution in [0.5, 0.6) is 0 Å². The molecule has 4 rings (SSSR count). The molecule has 0 radical (unpaired) electrons. The highest BCUT2D eigenvalue weighted by Crippen LogP contribution is 2.38. The summed E-state index contributed by atoms with van der Waals surface area (Å²) in [6, 6.07) is 0. The van der Waals surface area contributed by atoms with Crippen LogP contribution in [0.25, 0.3) is 0 Å².